The van der Waals surface area contributed by atoms with Gasteiger partial charge >= 0.3 is 5.69 Å². The molecule has 3 heterocycles. The van der Waals surface area contributed by atoms with Gasteiger partial charge in [0.05, 0.1) is 18.2 Å². The van der Waals surface area contributed by atoms with E-state index in [0.717, 1.165) is 31.0 Å². The Morgan fingerprint density at radius 3 is 3.16 bits per heavy atom. The first kappa shape index (κ1) is 15.6. The number of nitrogens with one attached hydrogen (secondary N) is 2. The highest BCUT2D eigenvalue weighted by Gasteiger charge is 2.32. The fourth-order valence-corrected chi connectivity index (χ4v) is 3.39. The second kappa shape index (κ2) is 6.18. The molecule has 25 heavy (non-hydrogen) atoms. The third-order valence-electron chi connectivity index (χ3n) is 4.65. The number of rotatable bonds is 3. The zero-order chi connectivity index (χ0) is 17.4. The molecule has 1 unspecified atom stereocenters. The van der Waals surface area contributed by atoms with Gasteiger partial charge in [-0.3, -0.25) is 4.57 Å². The lowest BCUT2D eigenvalue weighted by Gasteiger charge is -2.31. The van der Waals surface area contributed by atoms with Crippen LogP contribution in [0.2, 0.25) is 0 Å². The highest BCUT2D eigenvalue weighted by atomic mass is 19.1. The smallest absolute Gasteiger partial charge is 0.351 e. The molecule has 1 atom stereocenters. The Bertz CT molecular complexity index is 918. The first-order chi connectivity index (χ1) is 12.2. The molecule has 0 spiro atoms. The molecule has 1 aromatic heterocycles. The highest BCUT2D eigenvalue weighted by molar-refractivity contribution is 5.53. The predicted octanol–water partition coefficient (Wildman–Crippen LogP) is 0.658. The van der Waals surface area contributed by atoms with Gasteiger partial charge in [0.25, 0.3) is 0 Å². The summed E-state index contributed by atoms with van der Waals surface area (Å²) in [6, 6.07) is 8.36. The second-order valence-corrected chi connectivity index (χ2v) is 6.22. The maximum Gasteiger partial charge on any atom is 0.351 e. The lowest BCUT2D eigenvalue weighted by atomic mass is 10.1. The van der Waals surface area contributed by atoms with Crippen LogP contribution in [0.5, 0.6) is 0 Å². The summed E-state index contributed by atoms with van der Waals surface area (Å²) in [5, 5.41) is 15.3. The van der Waals surface area contributed by atoms with Crippen molar-refractivity contribution < 1.29 is 4.39 Å². The summed E-state index contributed by atoms with van der Waals surface area (Å²) in [7, 11) is 0. The molecule has 2 aliphatic heterocycles. The van der Waals surface area contributed by atoms with Gasteiger partial charge in [-0.2, -0.15) is 10.2 Å². The third-order valence-corrected chi connectivity index (χ3v) is 4.65. The summed E-state index contributed by atoms with van der Waals surface area (Å²) >= 11 is 0. The lowest BCUT2D eigenvalue weighted by molar-refractivity contribution is 0.474. The SMILES string of the molecule is N#Cc1cc(CNc2cc3n(c(=O)n2)CC2CNCCN32)ccc1F. The summed E-state index contributed by atoms with van der Waals surface area (Å²) < 4.78 is 15.1. The predicted molar refractivity (Wildman–Crippen MR) is 90.9 cm³/mol. The maximum absolute atomic E-state index is 13.4. The van der Waals surface area contributed by atoms with Crippen LogP contribution in [0, 0.1) is 17.1 Å². The molecule has 0 radical (unpaired) electrons. The van der Waals surface area contributed by atoms with Crippen LogP contribution in [-0.4, -0.2) is 35.2 Å². The van der Waals surface area contributed by atoms with Gasteiger partial charge in [-0.25, -0.2) is 9.18 Å². The first-order valence-electron chi connectivity index (χ1n) is 8.17. The number of piperazine rings is 1. The molecule has 0 bridgehead atoms. The molecular formula is C17H17FN6O. The molecule has 1 saturated heterocycles. The summed E-state index contributed by atoms with van der Waals surface area (Å²) in [6.07, 6.45) is 0. The summed E-state index contributed by atoms with van der Waals surface area (Å²) in [6.45, 7) is 3.61. The van der Waals surface area contributed by atoms with Crippen LogP contribution >= 0.6 is 0 Å². The molecule has 7 nitrogen and oxygen atoms in total. The first-order valence-corrected chi connectivity index (χ1v) is 8.17. The Balaban J connectivity index is 1.56. The van der Waals surface area contributed by atoms with E-state index in [0.29, 0.717) is 18.9 Å². The van der Waals surface area contributed by atoms with Gasteiger partial charge < -0.3 is 15.5 Å². The van der Waals surface area contributed by atoms with Gasteiger partial charge in [0.15, 0.2) is 0 Å². The van der Waals surface area contributed by atoms with Gasteiger partial charge in [-0.1, -0.05) is 6.07 Å². The number of halogens is 1. The van der Waals surface area contributed by atoms with E-state index in [2.05, 4.69) is 20.5 Å². The van der Waals surface area contributed by atoms with E-state index in [9.17, 15) is 9.18 Å². The van der Waals surface area contributed by atoms with Crippen molar-refractivity contribution in [2.75, 3.05) is 29.9 Å². The average Bonchev–Trinajstić information content (AvgIpc) is 3.00. The minimum Gasteiger partial charge on any atom is -0.366 e. The van der Waals surface area contributed by atoms with Gasteiger partial charge in [0.2, 0.25) is 0 Å². The van der Waals surface area contributed by atoms with Crippen LogP contribution in [0.3, 0.4) is 0 Å². The van der Waals surface area contributed by atoms with E-state index < -0.39 is 5.82 Å². The van der Waals surface area contributed by atoms with Gasteiger partial charge in [-0.05, 0) is 17.7 Å². The normalized spacial score (nSPS) is 18.4. The topological polar surface area (TPSA) is 86.0 Å². The summed E-state index contributed by atoms with van der Waals surface area (Å²) in [5.41, 5.74) is 0.483. The zero-order valence-corrected chi connectivity index (χ0v) is 13.5. The minimum atomic E-state index is -0.537. The molecule has 0 saturated carbocycles. The van der Waals surface area contributed by atoms with E-state index in [1.54, 1.807) is 10.6 Å². The number of hydrogen-bond donors (Lipinski definition) is 2. The lowest BCUT2D eigenvalue weighted by Crippen LogP contribution is -2.49. The molecule has 4 rings (SSSR count). The minimum absolute atomic E-state index is 0.00457. The molecule has 2 N–H and O–H groups in total. The Hall–Kier alpha value is -2.92. The molecule has 0 aliphatic carbocycles. The number of aromatic nitrogens is 2. The molecular weight excluding hydrogens is 323 g/mol. The number of nitrogens with zero attached hydrogens (tertiary/aromatic N) is 4. The van der Waals surface area contributed by atoms with Crippen LogP contribution in [-0.2, 0) is 13.1 Å². The van der Waals surface area contributed by atoms with E-state index in [1.165, 1.54) is 12.1 Å². The quantitative estimate of drug-likeness (QED) is 0.854. The fourth-order valence-electron chi connectivity index (χ4n) is 3.39. The van der Waals surface area contributed by atoms with Gasteiger partial charge in [0.1, 0.15) is 23.5 Å². The van der Waals surface area contributed by atoms with Gasteiger partial charge in [-0.15, -0.1) is 0 Å². The maximum atomic E-state index is 13.4. The second-order valence-electron chi connectivity index (χ2n) is 6.22. The summed E-state index contributed by atoms with van der Waals surface area (Å²) in [5.74, 6) is 0.828. The monoisotopic (exact) mass is 340 g/mol. The molecule has 8 heteroatoms. The highest BCUT2D eigenvalue weighted by Crippen LogP contribution is 2.26. The molecule has 1 fully saturated rings. The van der Waals surface area contributed by atoms with E-state index in [4.69, 9.17) is 5.26 Å². The van der Waals surface area contributed by atoms with Crippen LogP contribution in [0.1, 0.15) is 11.1 Å². The molecule has 0 amide bonds. The van der Waals surface area contributed by atoms with Crippen LogP contribution in [0.25, 0.3) is 0 Å². The summed E-state index contributed by atoms with van der Waals surface area (Å²) in [4.78, 5) is 18.6. The third kappa shape index (κ3) is 2.83. The van der Waals surface area contributed by atoms with Crippen molar-refractivity contribution in [3.8, 4) is 6.07 Å². The zero-order valence-electron chi connectivity index (χ0n) is 13.5. The molecule has 2 aliphatic rings. The number of nitriles is 1. The van der Waals surface area contributed by atoms with E-state index >= 15 is 0 Å². The van der Waals surface area contributed by atoms with Crippen molar-refractivity contribution in [1.29, 1.82) is 5.26 Å². The standard InChI is InChI=1S/C17H17FN6O/c18-14-2-1-11(5-12(14)7-19)8-21-15-6-16-23-4-3-20-9-13(23)10-24(16)17(25)22-15/h1-2,5-6,13,20H,3-4,8-10H2,(H,21,22,25). The average molecular weight is 340 g/mol. The van der Waals surface area contributed by atoms with Crippen LogP contribution in [0.15, 0.2) is 29.1 Å². The van der Waals surface area contributed by atoms with Crippen molar-refractivity contribution in [2.24, 2.45) is 0 Å². The van der Waals surface area contributed by atoms with Gasteiger partial charge in [0, 0.05) is 32.2 Å². The molecule has 2 aromatic rings. The largest absolute Gasteiger partial charge is 0.366 e. The number of benzene rings is 1. The van der Waals surface area contributed by atoms with Crippen molar-refractivity contribution >= 4 is 11.6 Å². The fraction of sp³-hybridized carbons (Fsp3) is 0.353. The number of fused-ring (bicyclic) bond motifs is 3. The Morgan fingerprint density at radius 1 is 1.44 bits per heavy atom. The van der Waals surface area contributed by atoms with Crippen molar-refractivity contribution in [3.63, 3.8) is 0 Å². The van der Waals surface area contributed by atoms with E-state index in [-0.39, 0.29) is 17.3 Å². The van der Waals surface area contributed by atoms with Crippen molar-refractivity contribution in [1.82, 2.24) is 14.9 Å². The van der Waals surface area contributed by atoms with E-state index in [1.807, 2.05) is 12.1 Å². The molecule has 128 valence electrons. The Labute approximate surface area is 143 Å². The number of hydrogen-bond acceptors (Lipinski definition) is 6. The van der Waals surface area contributed by atoms with Crippen molar-refractivity contribution in [3.05, 3.63) is 51.7 Å². The van der Waals surface area contributed by atoms with Crippen molar-refractivity contribution in [2.45, 2.75) is 19.1 Å². The Morgan fingerprint density at radius 2 is 2.32 bits per heavy atom. The van der Waals surface area contributed by atoms with Crippen LogP contribution in [0.4, 0.5) is 16.0 Å². The number of anilines is 2. The molecule has 1 aromatic carbocycles. The van der Waals surface area contributed by atoms with Crippen LogP contribution < -0.4 is 21.2 Å². The Kier molecular flexibility index (Phi) is 3.86.